The van der Waals surface area contributed by atoms with E-state index < -0.39 is 0 Å². The number of piperazine rings is 1. The fourth-order valence-corrected chi connectivity index (χ4v) is 1.46. The van der Waals surface area contributed by atoms with E-state index in [2.05, 4.69) is 21.9 Å². The Morgan fingerprint density at radius 2 is 1.88 bits per heavy atom. The molecule has 1 aliphatic rings. The number of carbonyl (C=O) groups excluding carboxylic acids is 1. The van der Waals surface area contributed by atoms with Crippen LogP contribution in [0, 0.1) is 0 Å². The fourth-order valence-electron chi connectivity index (χ4n) is 1.46. The molecular formula is C13H28N2O2. The molecule has 0 aliphatic carbocycles. The van der Waals surface area contributed by atoms with Crippen molar-refractivity contribution in [2.75, 3.05) is 32.7 Å². The Morgan fingerprint density at radius 3 is 2.24 bits per heavy atom. The van der Waals surface area contributed by atoms with Crippen LogP contribution in [-0.2, 0) is 9.53 Å². The number of carbonyl (C=O) groups is 1. The molecule has 0 bridgehead atoms. The van der Waals surface area contributed by atoms with Gasteiger partial charge in [0.25, 0.3) is 6.47 Å². The average molecular weight is 244 g/mol. The molecule has 1 aliphatic heterocycles. The standard InChI is InChI=1S/C8H18N2.C5H10O2/c1-2-3-6-10-7-4-9-5-8-10;1-5(2,3)7-4-6/h9H,2-8H2,1H3;4H,1-3H3. The zero-order valence-electron chi connectivity index (χ0n) is 11.8. The lowest BCUT2D eigenvalue weighted by Crippen LogP contribution is -2.43. The summed E-state index contributed by atoms with van der Waals surface area (Å²) in [5.41, 5.74) is -0.318. The molecule has 0 spiro atoms. The number of unbranched alkanes of at least 4 members (excludes halogenated alkanes) is 1. The van der Waals surface area contributed by atoms with Crippen molar-refractivity contribution in [3.63, 3.8) is 0 Å². The lowest BCUT2D eigenvalue weighted by molar-refractivity contribution is -0.138. The summed E-state index contributed by atoms with van der Waals surface area (Å²) in [7, 11) is 0. The molecule has 0 radical (unpaired) electrons. The predicted octanol–water partition coefficient (Wildman–Crippen LogP) is 1.65. The van der Waals surface area contributed by atoms with Crippen LogP contribution in [-0.4, -0.2) is 49.7 Å². The molecule has 0 aromatic rings. The van der Waals surface area contributed by atoms with Crippen LogP contribution in [0.5, 0.6) is 0 Å². The minimum Gasteiger partial charge on any atom is -0.462 e. The number of ether oxygens (including phenoxy) is 1. The van der Waals surface area contributed by atoms with Crippen LogP contribution in [0.15, 0.2) is 0 Å². The fraction of sp³-hybridized carbons (Fsp3) is 0.923. The molecule has 0 unspecified atom stereocenters. The summed E-state index contributed by atoms with van der Waals surface area (Å²) in [6, 6.07) is 0. The van der Waals surface area contributed by atoms with Crippen LogP contribution in [0.4, 0.5) is 0 Å². The minimum atomic E-state index is -0.318. The van der Waals surface area contributed by atoms with E-state index in [1.165, 1.54) is 45.6 Å². The second kappa shape index (κ2) is 9.42. The van der Waals surface area contributed by atoms with E-state index in [0.717, 1.165) is 0 Å². The highest BCUT2D eigenvalue weighted by Gasteiger charge is 2.07. The number of nitrogens with zero attached hydrogens (tertiary/aromatic N) is 1. The second-order valence-electron chi connectivity index (χ2n) is 5.27. The normalized spacial score (nSPS) is 16.9. The van der Waals surface area contributed by atoms with Gasteiger partial charge in [-0.3, -0.25) is 4.79 Å². The summed E-state index contributed by atoms with van der Waals surface area (Å²) in [6.07, 6.45) is 2.68. The summed E-state index contributed by atoms with van der Waals surface area (Å²) >= 11 is 0. The molecule has 1 heterocycles. The monoisotopic (exact) mass is 244 g/mol. The van der Waals surface area contributed by atoms with Crippen LogP contribution in [0.2, 0.25) is 0 Å². The number of rotatable bonds is 4. The maximum absolute atomic E-state index is 9.60. The van der Waals surface area contributed by atoms with E-state index in [9.17, 15) is 4.79 Å². The summed E-state index contributed by atoms with van der Waals surface area (Å²) in [5.74, 6) is 0. The summed E-state index contributed by atoms with van der Waals surface area (Å²) in [4.78, 5) is 12.1. The Bertz CT molecular complexity index is 184. The first-order valence-corrected chi connectivity index (χ1v) is 6.54. The molecule has 1 saturated heterocycles. The van der Waals surface area contributed by atoms with Crippen molar-refractivity contribution in [3.8, 4) is 0 Å². The summed E-state index contributed by atoms with van der Waals surface area (Å²) in [5, 5.41) is 3.35. The number of hydrogen-bond acceptors (Lipinski definition) is 4. The van der Waals surface area contributed by atoms with Gasteiger partial charge in [0.05, 0.1) is 0 Å². The van der Waals surface area contributed by atoms with Crippen molar-refractivity contribution in [2.45, 2.75) is 46.1 Å². The Hall–Kier alpha value is -0.610. The highest BCUT2D eigenvalue weighted by Crippen LogP contribution is 2.02. The van der Waals surface area contributed by atoms with Gasteiger partial charge >= 0.3 is 0 Å². The van der Waals surface area contributed by atoms with Crippen molar-refractivity contribution < 1.29 is 9.53 Å². The van der Waals surface area contributed by atoms with Crippen LogP contribution in [0.1, 0.15) is 40.5 Å². The van der Waals surface area contributed by atoms with Crippen LogP contribution in [0.3, 0.4) is 0 Å². The first-order valence-electron chi connectivity index (χ1n) is 6.54. The third-order valence-electron chi connectivity index (χ3n) is 2.44. The van der Waals surface area contributed by atoms with Crippen molar-refractivity contribution >= 4 is 6.47 Å². The van der Waals surface area contributed by atoms with Gasteiger partial charge in [0, 0.05) is 26.2 Å². The molecule has 4 nitrogen and oxygen atoms in total. The van der Waals surface area contributed by atoms with E-state index in [1.807, 2.05) is 20.8 Å². The molecule has 1 fully saturated rings. The van der Waals surface area contributed by atoms with Crippen molar-refractivity contribution in [3.05, 3.63) is 0 Å². The largest absolute Gasteiger partial charge is 0.462 e. The van der Waals surface area contributed by atoms with Crippen LogP contribution >= 0.6 is 0 Å². The summed E-state index contributed by atoms with van der Waals surface area (Å²) in [6.45, 7) is 14.3. The van der Waals surface area contributed by atoms with E-state index in [1.54, 1.807) is 0 Å². The van der Waals surface area contributed by atoms with Crippen molar-refractivity contribution in [1.82, 2.24) is 10.2 Å². The maximum atomic E-state index is 9.60. The van der Waals surface area contributed by atoms with Crippen LogP contribution in [0.25, 0.3) is 0 Å². The second-order valence-corrected chi connectivity index (χ2v) is 5.27. The molecule has 102 valence electrons. The quantitative estimate of drug-likeness (QED) is 0.764. The lowest BCUT2D eigenvalue weighted by atomic mass is 10.2. The smallest absolute Gasteiger partial charge is 0.293 e. The van der Waals surface area contributed by atoms with Gasteiger partial charge in [-0.2, -0.15) is 0 Å². The Morgan fingerprint density at radius 1 is 1.29 bits per heavy atom. The molecule has 0 atom stereocenters. The average Bonchev–Trinajstić information content (AvgIpc) is 2.27. The summed E-state index contributed by atoms with van der Waals surface area (Å²) < 4.78 is 4.55. The number of nitrogens with one attached hydrogen (secondary N) is 1. The van der Waals surface area contributed by atoms with Gasteiger partial charge in [0.1, 0.15) is 5.60 Å². The van der Waals surface area contributed by atoms with Gasteiger partial charge in [-0.15, -0.1) is 0 Å². The molecular weight excluding hydrogens is 216 g/mol. The third-order valence-corrected chi connectivity index (χ3v) is 2.44. The zero-order valence-corrected chi connectivity index (χ0v) is 11.8. The maximum Gasteiger partial charge on any atom is 0.293 e. The van der Waals surface area contributed by atoms with Crippen molar-refractivity contribution in [2.24, 2.45) is 0 Å². The Kier molecular flexibility index (Phi) is 9.09. The van der Waals surface area contributed by atoms with Gasteiger partial charge < -0.3 is 15.0 Å². The minimum absolute atomic E-state index is 0.318. The molecule has 0 saturated carbocycles. The van der Waals surface area contributed by atoms with Gasteiger partial charge in [-0.05, 0) is 33.7 Å². The SMILES string of the molecule is CC(C)(C)OC=O.CCCCN1CCNCC1. The number of hydrogen-bond donors (Lipinski definition) is 1. The van der Waals surface area contributed by atoms with Crippen molar-refractivity contribution in [1.29, 1.82) is 0 Å². The van der Waals surface area contributed by atoms with E-state index >= 15 is 0 Å². The van der Waals surface area contributed by atoms with Gasteiger partial charge in [-0.1, -0.05) is 13.3 Å². The van der Waals surface area contributed by atoms with Gasteiger partial charge in [-0.25, -0.2) is 0 Å². The Balaban J connectivity index is 0.000000325. The third kappa shape index (κ3) is 11.6. The molecule has 1 N–H and O–H groups in total. The van der Waals surface area contributed by atoms with Gasteiger partial charge in [0.2, 0.25) is 0 Å². The molecule has 17 heavy (non-hydrogen) atoms. The highest BCUT2D eigenvalue weighted by molar-refractivity contribution is 5.37. The molecule has 0 aromatic heterocycles. The lowest BCUT2D eigenvalue weighted by Gasteiger charge is -2.26. The molecule has 4 heteroatoms. The van der Waals surface area contributed by atoms with Gasteiger partial charge in [0.15, 0.2) is 0 Å². The molecule has 1 rings (SSSR count). The molecule has 0 aromatic carbocycles. The Labute approximate surface area is 106 Å². The molecule has 0 amide bonds. The first-order chi connectivity index (χ1) is 7.99. The van der Waals surface area contributed by atoms with E-state index in [4.69, 9.17) is 0 Å². The first kappa shape index (κ1) is 16.4. The van der Waals surface area contributed by atoms with Crippen LogP contribution < -0.4 is 5.32 Å². The predicted molar refractivity (Wildman–Crippen MR) is 71.1 cm³/mol. The topological polar surface area (TPSA) is 41.6 Å². The van der Waals surface area contributed by atoms with E-state index in [0.29, 0.717) is 6.47 Å². The van der Waals surface area contributed by atoms with E-state index in [-0.39, 0.29) is 5.60 Å². The zero-order chi connectivity index (χ0) is 13.1. The highest BCUT2D eigenvalue weighted by atomic mass is 16.5.